The van der Waals surface area contributed by atoms with Crippen LogP contribution in [0.15, 0.2) is 0 Å². The van der Waals surface area contributed by atoms with Crippen molar-refractivity contribution in [3.63, 3.8) is 0 Å². The highest BCUT2D eigenvalue weighted by Crippen LogP contribution is 2.61. The van der Waals surface area contributed by atoms with Crippen LogP contribution in [0.5, 0.6) is 0 Å². The summed E-state index contributed by atoms with van der Waals surface area (Å²) in [6.07, 6.45) is 0. The Kier molecular flexibility index (Phi) is 5.37. The van der Waals surface area contributed by atoms with E-state index in [1.807, 2.05) is 0 Å². The summed E-state index contributed by atoms with van der Waals surface area (Å²) >= 11 is 0. The second-order valence-corrected chi connectivity index (χ2v) is 11.3. The minimum Gasteiger partial charge on any atom is -0.116 e. The van der Waals surface area contributed by atoms with E-state index in [0.29, 0.717) is 7.18 Å². The smallest absolute Gasteiger partial charge is 0.116 e. The lowest BCUT2D eigenvalue weighted by molar-refractivity contribution is 4.80. The predicted molar refractivity (Wildman–Crippen MR) is 43.2 cm³/mol. The molecule has 0 heterocycles. The lowest BCUT2D eigenvalue weighted by Crippen LogP contribution is -1.29. The molecule has 30 valence electrons. The van der Waals surface area contributed by atoms with Gasteiger partial charge in [-0.2, -0.15) is 0 Å². The van der Waals surface area contributed by atoms with Gasteiger partial charge < -0.3 is 0 Å². The topological polar surface area (TPSA) is 0 Å². The minimum atomic E-state index is 0.309. The number of hydrogen-bond donors (Lipinski definition) is 0. The SMILES string of the molecule is BP(P)PP. The van der Waals surface area contributed by atoms with Gasteiger partial charge in [-0.15, -0.1) is 25.0 Å². The first-order valence-electron chi connectivity index (χ1n) is 1.22. The fraction of sp³-hybridized carbons (Fsp3) is 0. The Bertz CT molecular complexity index is 17.6. The van der Waals surface area contributed by atoms with E-state index in [4.69, 9.17) is 0 Å². The predicted octanol–water partition coefficient (Wildman–Crippen LogP) is 1.19. The van der Waals surface area contributed by atoms with Crippen LogP contribution < -0.4 is 0 Å². The molecule has 0 radical (unpaired) electrons. The van der Waals surface area contributed by atoms with Crippen molar-refractivity contribution in [2.45, 2.75) is 0 Å². The molecule has 0 bridgehead atoms. The fourth-order valence-electron chi connectivity index (χ4n) is 0. The van der Waals surface area contributed by atoms with Gasteiger partial charge in [0.15, 0.2) is 0 Å². The molecule has 0 N–H and O–H groups in total. The van der Waals surface area contributed by atoms with Crippen LogP contribution in [0.1, 0.15) is 0 Å². The minimum absolute atomic E-state index is 0.309. The highest BCUT2D eigenvalue weighted by atomic mass is 32.6. The van der Waals surface area contributed by atoms with E-state index < -0.39 is 0 Å². The monoisotopic (exact) mass is 142 g/mol. The van der Waals surface area contributed by atoms with Crippen molar-refractivity contribution in [1.82, 2.24) is 0 Å². The van der Waals surface area contributed by atoms with E-state index in [1.54, 1.807) is 0 Å². The van der Waals surface area contributed by atoms with Gasteiger partial charge in [-0.3, -0.25) is 0 Å². The van der Waals surface area contributed by atoms with Crippen molar-refractivity contribution in [3.8, 4) is 0 Å². The van der Waals surface area contributed by atoms with E-state index in [9.17, 15) is 0 Å². The highest BCUT2D eigenvalue weighted by Gasteiger charge is 1.78. The first-order chi connectivity index (χ1) is 2.27. The molecule has 0 aromatic heterocycles. The normalized spacial score (nSPS) is 17.2. The average Bonchev–Trinajstić information content (AvgIpc) is 1.38. The van der Waals surface area contributed by atoms with Crippen molar-refractivity contribution in [2.75, 3.05) is 0 Å². The molecule has 0 spiro atoms. The molecule has 0 saturated carbocycles. The van der Waals surface area contributed by atoms with Crippen LogP contribution in [0, 0.1) is 0 Å². The van der Waals surface area contributed by atoms with Crippen LogP contribution in [-0.2, 0) is 0 Å². The molecule has 0 saturated heterocycles. The van der Waals surface area contributed by atoms with E-state index >= 15 is 0 Å². The summed E-state index contributed by atoms with van der Waals surface area (Å²) in [5.41, 5.74) is 0. The summed E-state index contributed by atoms with van der Waals surface area (Å²) in [6.45, 7) is 0. The van der Waals surface area contributed by atoms with Crippen molar-refractivity contribution in [3.05, 3.63) is 0 Å². The van der Waals surface area contributed by atoms with E-state index in [1.165, 1.54) is 0 Å². The van der Waals surface area contributed by atoms with Gasteiger partial charge in [0.05, 0.1) is 0 Å². The van der Waals surface area contributed by atoms with Gasteiger partial charge in [-0.25, -0.2) is 0 Å². The summed E-state index contributed by atoms with van der Waals surface area (Å²) in [5.74, 6) is 0. The molecule has 0 aromatic carbocycles. The van der Waals surface area contributed by atoms with Gasteiger partial charge in [0.1, 0.15) is 7.57 Å². The zero-order valence-electron chi connectivity index (χ0n) is 3.10. The van der Waals surface area contributed by atoms with Gasteiger partial charge in [0.25, 0.3) is 0 Å². The largest absolute Gasteiger partial charge is 0.144 e. The zero-order valence-corrected chi connectivity index (χ0v) is 7.31. The highest BCUT2D eigenvalue weighted by molar-refractivity contribution is 8.68. The molecule has 0 aliphatic rings. The van der Waals surface area contributed by atoms with Gasteiger partial charge in [0, 0.05) is 0 Å². The Hall–Kier alpha value is 1.78. The van der Waals surface area contributed by atoms with Gasteiger partial charge in [-0.05, 0) is 0 Å². The maximum atomic E-state index is 2.79. The number of hydrogen-bond acceptors (Lipinski definition) is 0. The van der Waals surface area contributed by atoms with Gasteiger partial charge in [0.2, 0.25) is 0 Å². The molecular formula is H7BP4. The number of rotatable bonds is 1. The molecule has 0 aromatic rings. The summed E-state index contributed by atoms with van der Waals surface area (Å²) in [5, 5.41) is 0. The first kappa shape index (κ1) is 6.78. The molecule has 4 atom stereocenters. The summed E-state index contributed by atoms with van der Waals surface area (Å²) < 4.78 is 0. The van der Waals surface area contributed by atoms with E-state index in [-0.39, 0.29) is 0 Å². The van der Waals surface area contributed by atoms with E-state index in [2.05, 4.69) is 25.4 Å². The summed E-state index contributed by atoms with van der Waals surface area (Å²) in [6, 6.07) is 0. The average molecular weight is 142 g/mol. The van der Waals surface area contributed by atoms with Crippen LogP contribution in [0.2, 0.25) is 0 Å². The van der Waals surface area contributed by atoms with Crippen molar-refractivity contribution in [1.29, 1.82) is 0 Å². The zero-order chi connectivity index (χ0) is 4.28. The Balaban J connectivity index is 2.54. The van der Waals surface area contributed by atoms with Crippen molar-refractivity contribution < 1.29 is 0 Å². The molecule has 0 amide bonds. The molecule has 0 aliphatic heterocycles. The van der Waals surface area contributed by atoms with Crippen LogP contribution in [0.3, 0.4) is 0 Å². The molecule has 5 heteroatoms. The standard InChI is InChI=1S/BH7P4/c1-5(3)4-2/h4H,1-3H2. The fourth-order valence-corrected chi connectivity index (χ4v) is 0. The second kappa shape index (κ2) is 3.96. The third kappa shape index (κ3) is 5.78. The van der Waals surface area contributed by atoms with Crippen LogP contribution >= 0.6 is 33.0 Å². The van der Waals surface area contributed by atoms with Crippen molar-refractivity contribution in [2.24, 2.45) is 0 Å². The Morgan fingerprint density at radius 3 is 2.00 bits per heavy atom. The van der Waals surface area contributed by atoms with Crippen LogP contribution in [0.4, 0.5) is 0 Å². The molecule has 4 unspecified atom stereocenters. The first-order valence-corrected chi connectivity index (χ1v) is 8.28. The quantitative estimate of drug-likeness (QED) is 0.380. The Labute approximate surface area is 41.2 Å². The second-order valence-electron chi connectivity index (χ2n) is 0.740. The third-order valence-corrected chi connectivity index (χ3v) is 9.52. The summed E-state index contributed by atoms with van der Waals surface area (Å²) in [4.78, 5) is 0. The van der Waals surface area contributed by atoms with Crippen LogP contribution in [0.25, 0.3) is 0 Å². The Morgan fingerprint density at radius 2 is 2.00 bits per heavy atom. The summed E-state index contributed by atoms with van der Waals surface area (Å²) in [7, 11) is 9.13. The molecule has 0 rings (SSSR count). The Morgan fingerprint density at radius 1 is 1.80 bits per heavy atom. The molecule has 0 fully saturated rings. The van der Waals surface area contributed by atoms with Gasteiger partial charge in [-0.1, -0.05) is 7.96 Å². The lowest BCUT2D eigenvalue weighted by Gasteiger charge is -1.92. The van der Waals surface area contributed by atoms with Crippen molar-refractivity contribution >= 4 is 40.6 Å². The van der Waals surface area contributed by atoms with Gasteiger partial charge >= 0.3 is 0 Å². The maximum Gasteiger partial charge on any atom is 0.144 e. The molecule has 5 heavy (non-hydrogen) atoms. The molecular weight excluding hydrogens is 135 g/mol. The molecule has 0 nitrogen and oxygen atoms in total. The molecule has 0 aliphatic carbocycles. The lowest BCUT2D eigenvalue weighted by atomic mass is 10.8. The third-order valence-electron chi connectivity index (χ3n) is 0.204. The maximum absolute atomic E-state index is 2.79. The van der Waals surface area contributed by atoms with E-state index in [0.717, 1.165) is 7.96 Å². The van der Waals surface area contributed by atoms with Crippen LogP contribution in [-0.4, -0.2) is 7.57 Å².